The highest BCUT2D eigenvalue weighted by Gasteiger charge is 2.27. The lowest BCUT2D eigenvalue weighted by atomic mass is 10.1. The Balaban J connectivity index is 2.51. The number of rotatable bonds is 5. The second-order valence-electron chi connectivity index (χ2n) is 5.06. The van der Waals surface area contributed by atoms with Gasteiger partial charge in [0.15, 0.2) is 0 Å². The van der Waals surface area contributed by atoms with Crippen LogP contribution in [0.15, 0.2) is 0 Å². The minimum atomic E-state index is -1.00. The molecule has 0 aromatic rings. The minimum absolute atomic E-state index is 0.0618. The molecular formula is C13H23N3O4. The van der Waals surface area contributed by atoms with Crippen molar-refractivity contribution in [3.8, 4) is 0 Å². The molecule has 3 amide bonds. The average Bonchev–Trinajstić information content (AvgIpc) is 2.37. The molecule has 20 heavy (non-hydrogen) atoms. The van der Waals surface area contributed by atoms with E-state index >= 15 is 0 Å². The third-order valence-electron chi connectivity index (χ3n) is 3.26. The van der Waals surface area contributed by atoms with Gasteiger partial charge in [-0.3, -0.25) is 9.59 Å². The zero-order valence-corrected chi connectivity index (χ0v) is 12.1. The molecule has 0 saturated carbocycles. The van der Waals surface area contributed by atoms with E-state index in [1.165, 1.54) is 11.8 Å². The zero-order chi connectivity index (χ0) is 15.1. The summed E-state index contributed by atoms with van der Waals surface area (Å²) in [5.74, 6) is -1.06. The van der Waals surface area contributed by atoms with Crippen LogP contribution in [0.4, 0.5) is 4.79 Å². The van der Waals surface area contributed by atoms with Gasteiger partial charge >= 0.3 is 12.0 Å². The van der Waals surface area contributed by atoms with Gasteiger partial charge in [0.1, 0.15) is 6.54 Å². The van der Waals surface area contributed by atoms with E-state index in [9.17, 15) is 14.4 Å². The van der Waals surface area contributed by atoms with Crippen LogP contribution in [0, 0.1) is 0 Å². The summed E-state index contributed by atoms with van der Waals surface area (Å²) < 4.78 is 0. The lowest BCUT2D eigenvalue weighted by Gasteiger charge is -2.35. The van der Waals surface area contributed by atoms with E-state index in [4.69, 9.17) is 5.11 Å². The summed E-state index contributed by atoms with van der Waals surface area (Å²) in [6.45, 7) is 4.65. The average molecular weight is 285 g/mol. The lowest BCUT2D eigenvalue weighted by molar-refractivity contribution is -0.137. The maximum atomic E-state index is 12.3. The highest BCUT2D eigenvalue weighted by Crippen LogP contribution is 2.12. The van der Waals surface area contributed by atoms with E-state index < -0.39 is 5.97 Å². The van der Waals surface area contributed by atoms with Gasteiger partial charge in [-0.15, -0.1) is 0 Å². The number of carbonyl (C=O) groups is 3. The van der Waals surface area contributed by atoms with Crippen molar-refractivity contribution in [3.05, 3.63) is 0 Å². The fourth-order valence-electron chi connectivity index (χ4n) is 2.38. The number of nitrogens with zero attached hydrogens (tertiary/aromatic N) is 2. The van der Waals surface area contributed by atoms with E-state index in [0.717, 1.165) is 6.42 Å². The normalized spacial score (nSPS) is 15.8. The molecule has 2 N–H and O–H groups in total. The van der Waals surface area contributed by atoms with Crippen molar-refractivity contribution in [3.63, 3.8) is 0 Å². The first-order chi connectivity index (χ1) is 9.43. The molecule has 114 valence electrons. The van der Waals surface area contributed by atoms with Gasteiger partial charge in [-0.25, -0.2) is 4.79 Å². The molecule has 1 rings (SSSR count). The molecule has 1 aliphatic rings. The van der Waals surface area contributed by atoms with Crippen LogP contribution in [-0.4, -0.2) is 65.0 Å². The summed E-state index contributed by atoms with van der Waals surface area (Å²) in [7, 11) is 0. The van der Waals surface area contributed by atoms with E-state index in [0.29, 0.717) is 32.5 Å². The van der Waals surface area contributed by atoms with E-state index in [-0.39, 0.29) is 24.5 Å². The maximum absolute atomic E-state index is 12.3. The molecule has 0 bridgehead atoms. The van der Waals surface area contributed by atoms with Crippen molar-refractivity contribution in [1.82, 2.24) is 15.1 Å². The summed E-state index contributed by atoms with van der Waals surface area (Å²) in [4.78, 5) is 37.0. The van der Waals surface area contributed by atoms with Crippen LogP contribution in [0.2, 0.25) is 0 Å². The minimum Gasteiger partial charge on any atom is -0.480 e. The number of urea groups is 1. The number of likely N-dealkylation sites (tertiary alicyclic amines) is 1. The smallest absolute Gasteiger partial charge is 0.323 e. The van der Waals surface area contributed by atoms with Crippen LogP contribution in [0.1, 0.15) is 33.1 Å². The number of carbonyl (C=O) groups excluding carboxylic acids is 2. The summed E-state index contributed by atoms with van der Waals surface area (Å²) >= 11 is 0. The van der Waals surface area contributed by atoms with Gasteiger partial charge in [-0.1, -0.05) is 6.92 Å². The van der Waals surface area contributed by atoms with Crippen molar-refractivity contribution >= 4 is 17.9 Å². The van der Waals surface area contributed by atoms with Gasteiger partial charge in [0.25, 0.3) is 0 Å². The molecule has 0 spiro atoms. The molecule has 7 nitrogen and oxygen atoms in total. The fraction of sp³-hybridized carbons (Fsp3) is 0.769. The van der Waals surface area contributed by atoms with E-state index in [1.54, 1.807) is 4.90 Å². The van der Waals surface area contributed by atoms with Crippen LogP contribution in [-0.2, 0) is 9.59 Å². The molecule has 0 aromatic heterocycles. The molecular weight excluding hydrogens is 262 g/mol. The zero-order valence-electron chi connectivity index (χ0n) is 12.1. The van der Waals surface area contributed by atoms with Crippen molar-refractivity contribution in [2.45, 2.75) is 39.2 Å². The second kappa shape index (κ2) is 7.72. The Bertz CT molecular complexity index is 365. The van der Waals surface area contributed by atoms with E-state index in [1.807, 2.05) is 6.92 Å². The third kappa shape index (κ3) is 5.07. The predicted octanol–water partition coefficient (Wildman–Crippen LogP) is 0.504. The summed E-state index contributed by atoms with van der Waals surface area (Å²) in [6.07, 6.45) is 2.14. The Morgan fingerprint density at radius 2 is 1.90 bits per heavy atom. The summed E-state index contributed by atoms with van der Waals surface area (Å²) in [5, 5.41) is 11.7. The largest absolute Gasteiger partial charge is 0.480 e. The number of hydrogen-bond donors (Lipinski definition) is 2. The molecule has 1 fully saturated rings. The second-order valence-corrected chi connectivity index (χ2v) is 5.06. The van der Waals surface area contributed by atoms with Crippen LogP contribution in [0.5, 0.6) is 0 Å². The molecule has 0 unspecified atom stereocenters. The molecule has 0 aromatic carbocycles. The number of amides is 3. The summed E-state index contributed by atoms with van der Waals surface area (Å²) in [5.41, 5.74) is 0. The molecule has 1 aliphatic heterocycles. The Hall–Kier alpha value is -1.79. The Kier molecular flexibility index (Phi) is 6.27. The van der Waals surface area contributed by atoms with Crippen molar-refractivity contribution in [2.24, 2.45) is 0 Å². The van der Waals surface area contributed by atoms with Crippen molar-refractivity contribution in [2.75, 3.05) is 26.2 Å². The Morgan fingerprint density at radius 1 is 1.30 bits per heavy atom. The van der Waals surface area contributed by atoms with Gasteiger partial charge in [-0.2, -0.15) is 0 Å². The predicted molar refractivity (Wildman–Crippen MR) is 73.3 cm³/mol. The van der Waals surface area contributed by atoms with E-state index in [2.05, 4.69) is 5.32 Å². The standard InChI is InChI=1S/C13H23N3O4/c1-3-6-16(9-12(18)19)13(20)15-7-4-11(5-8-15)14-10(2)17/h11H,3-9H2,1-2H3,(H,14,17)(H,18,19). The maximum Gasteiger partial charge on any atom is 0.323 e. The number of carboxylic acid groups (broad SMARTS) is 1. The fourth-order valence-corrected chi connectivity index (χ4v) is 2.38. The number of hydrogen-bond acceptors (Lipinski definition) is 3. The first kappa shape index (κ1) is 16.3. The molecule has 1 saturated heterocycles. The Labute approximate surface area is 118 Å². The van der Waals surface area contributed by atoms with Gasteiger partial charge in [-0.05, 0) is 19.3 Å². The first-order valence-corrected chi connectivity index (χ1v) is 6.96. The van der Waals surface area contributed by atoms with Crippen LogP contribution in [0.25, 0.3) is 0 Å². The molecule has 1 heterocycles. The molecule has 7 heteroatoms. The third-order valence-corrected chi connectivity index (χ3v) is 3.26. The van der Waals surface area contributed by atoms with Crippen molar-refractivity contribution in [1.29, 1.82) is 0 Å². The topological polar surface area (TPSA) is 90.0 Å². The number of carboxylic acids is 1. The Morgan fingerprint density at radius 3 is 2.35 bits per heavy atom. The monoisotopic (exact) mass is 285 g/mol. The molecule has 0 radical (unpaired) electrons. The van der Waals surface area contributed by atoms with Crippen molar-refractivity contribution < 1.29 is 19.5 Å². The highest BCUT2D eigenvalue weighted by molar-refractivity contribution is 5.80. The highest BCUT2D eigenvalue weighted by atomic mass is 16.4. The van der Waals surface area contributed by atoms with Gasteiger partial charge in [0, 0.05) is 32.6 Å². The molecule has 0 atom stereocenters. The quantitative estimate of drug-likeness (QED) is 0.770. The van der Waals surface area contributed by atoms with Crippen LogP contribution in [0.3, 0.4) is 0 Å². The number of nitrogens with one attached hydrogen (secondary N) is 1. The van der Waals surface area contributed by atoms with Crippen LogP contribution < -0.4 is 5.32 Å². The molecule has 0 aliphatic carbocycles. The lowest BCUT2D eigenvalue weighted by Crippen LogP contribution is -2.51. The van der Waals surface area contributed by atoms with Crippen LogP contribution >= 0.6 is 0 Å². The van der Waals surface area contributed by atoms with Gasteiger partial charge in [0.05, 0.1) is 0 Å². The van der Waals surface area contributed by atoms with Gasteiger partial charge < -0.3 is 20.2 Å². The number of aliphatic carboxylic acids is 1. The van der Waals surface area contributed by atoms with Gasteiger partial charge in [0.2, 0.25) is 5.91 Å². The first-order valence-electron chi connectivity index (χ1n) is 6.96. The summed E-state index contributed by atoms with van der Waals surface area (Å²) in [6, 6.07) is -0.119. The number of piperidine rings is 1. The SMILES string of the molecule is CCCN(CC(=O)O)C(=O)N1CCC(NC(C)=O)CC1.